The number of morpholine rings is 1. The van der Waals surface area contributed by atoms with E-state index in [4.69, 9.17) is 4.74 Å². The third kappa shape index (κ3) is 2.70. The van der Waals surface area contributed by atoms with E-state index in [2.05, 4.69) is 0 Å². The van der Waals surface area contributed by atoms with Crippen LogP contribution < -0.4 is 15.8 Å². The molecular weight excluding hydrogens is 300 g/mol. The van der Waals surface area contributed by atoms with Crippen molar-refractivity contribution in [1.82, 2.24) is 4.57 Å². The molecule has 0 spiro atoms. The summed E-state index contributed by atoms with van der Waals surface area (Å²) in [5.41, 5.74) is 0.101. The molecule has 1 aliphatic rings. The Hall–Kier alpha value is -2.67. The molecule has 2 aromatic rings. The van der Waals surface area contributed by atoms with Gasteiger partial charge in [-0.2, -0.15) is 0 Å². The first-order valence-electron chi connectivity index (χ1n) is 7.23. The van der Waals surface area contributed by atoms with Crippen LogP contribution in [0.2, 0.25) is 0 Å². The van der Waals surface area contributed by atoms with Crippen molar-refractivity contribution in [1.29, 1.82) is 0 Å². The summed E-state index contributed by atoms with van der Waals surface area (Å²) < 4.78 is 6.69. The highest BCUT2D eigenvalue weighted by Crippen LogP contribution is 2.16. The Balaban J connectivity index is 2.31. The van der Waals surface area contributed by atoms with Crippen molar-refractivity contribution >= 4 is 22.6 Å². The summed E-state index contributed by atoms with van der Waals surface area (Å²) in [6.45, 7) is 2.21. The van der Waals surface area contributed by atoms with Crippen molar-refractivity contribution in [3.05, 3.63) is 50.4 Å². The lowest BCUT2D eigenvalue weighted by atomic mass is 10.2. The van der Waals surface area contributed by atoms with Crippen LogP contribution in [0.25, 0.3) is 10.9 Å². The number of pyridine rings is 1. The average molecular weight is 316 g/mol. The molecular formula is C16H16N2O5. The van der Waals surface area contributed by atoms with E-state index in [-0.39, 0.29) is 11.1 Å². The van der Waals surface area contributed by atoms with Crippen molar-refractivity contribution in [3.63, 3.8) is 0 Å². The molecule has 3 rings (SSSR count). The molecule has 0 aliphatic carbocycles. The Morgan fingerprint density at radius 2 is 1.83 bits per heavy atom. The Morgan fingerprint density at radius 1 is 1.13 bits per heavy atom. The maximum Gasteiger partial charge on any atom is 0.352 e. The van der Waals surface area contributed by atoms with E-state index in [1.165, 1.54) is 16.7 Å². The number of carboxylic acid groups (broad SMARTS) is 1. The van der Waals surface area contributed by atoms with Gasteiger partial charge >= 0.3 is 5.97 Å². The SMILES string of the molecule is Cn1c(C(=O)O)cc(=O)c2cc(N3CCOCC3)c(=O)ccc21. The highest BCUT2D eigenvalue weighted by atomic mass is 16.5. The topological polar surface area (TPSA) is 88.8 Å². The molecule has 1 saturated heterocycles. The molecule has 1 aliphatic heterocycles. The van der Waals surface area contributed by atoms with Crippen LogP contribution in [0.3, 0.4) is 0 Å². The number of anilines is 1. The third-order valence-electron chi connectivity index (χ3n) is 4.03. The predicted molar refractivity (Wildman–Crippen MR) is 85.5 cm³/mol. The van der Waals surface area contributed by atoms with E-state index in [9.17, 15) is 19.5 Å². The van der Waals surface area contributed by atoms with E-state index >= 15 is 0 Å². The minimum Gasteiger partial charge on any atom is -0.477 e. The zero-order valence-electron chi connectivity index (χ0n) is 12.6. The van der Waals surface area contributed by atoms with Crippen LogP contribution in [-0.4, -0.2) is 41.9 Å². The molecule has 1 aromatic heterocycles. The number of aryl methyl sites for hydroxylation is 1. The normalized spacial score (nSPS) is 14.9. The second kappa shape index (κ2) is 5.85. The molecule has 0 bridgehead atoms. The maximum atomic E-state index is 12.4. The minimum atomic E-state index is -1.19. The first-order chi connectivity index (χ1) is 11.0. The van der Waals surface area contributed by atoms with Gasteiger partial charge in [-0.05, 0) is 18.2 Å². The Labute approximate surface area is 131 Å². The first-order valence-corrected chi connectivity index (χ1v) is 7.23. The van der Waals surface area contributed by atoms with Crippen LogP contribution in [0.5, 0.6) is 0 Å². The van der Waals surface area contributed by atoms with Gasteiger partial charge in [0.05, 0.1) is 24.4 Å². The molecule has 120 valence electrons. The lowest BCUT2D eigenvalue weighted by Crippen LogP contribution is -2.38. The molecule has 1 N–H and O–H groups in total. The average Bonchev–Trinajstić information content (AvgIpc) is 2.71. The van der Waals surface area contributed by atoms with Gasteiger partial charge in [-0.25, -0.2) is 4.79 Å². The number of aromatic nitrogens is 1. The number of aromatic carboxylic acids is 1. The van der Waals surface area contributed by atoms with E-state index in [1.54, 1.807) is 13.1 Å². The molecule has 0 saturated carbocycles. The maximum absolute atomic E-state index is 12.4. The highest BCUT2D eigenvalue weighted by molar-refractivity contribution is 5.91. The van der Waals surface area contributed by atoms with Crippen LogP contribution >= 0.6 is 0 Å². The van der Waals surface area contributed by atoms with Gasteiger partial charge in [0.2, 0.25) is 5.43 Å². The minimum absolute atomic E-state index is 0.117. The summed E-state index contributed by atoms with van der Waals surface area (Å²) >= 11 is 0. The van der Waals surface area contributed by atoms with E-state index < -0.39 is 11.4 Å². The second-order valence-corrected chi connectivity index (χ2v) is 5.38. The van der Waals surface area contributed by atoms with Gasteiger partial charge in [0.1, 0.15) is 5.69 Å². The van der Waals surface area contributed by atoms with Crippen LogP contribution in [0.1, 0.15) is 10.5 Å². The second-order valence-electron chi connectivity index (χ2n) is 5.38. The fourth-order valence-electron chi connectivity index (χ4n) is 2.79. The monoisotopic (exact) mass is 316 g/mol. The molecule has 0 amide bonds. The number of carboxylic acids is 1. The van der Waals surface area contributed by atoms with Crippen molar-refractivity contribution in [2.45, 2.75) is 0 Å². The Kier molecular flexibility index (Phi) is 3.87. The van der Waals surface area contributed by atoms with Crippen LogP contribution in [-0.2, 0) is 11.8 Å². The number of hydrogen-bond acceptors (Lipinski definition) is 5. The smallest absolute Gasteiger partial charge is 0.352 e. The zero-order chi connectivity index (χ0) is 16.6. The lowest BCUT2D eigenvalue weighted by molar-refractivity contribution is 0.0686. The zero-order valence-corrected chi connectivity index (χ0v) is 12.6. The van der Waals surface area contributed by atoms with E-state index in [0.29, 0.717) is 42.9 Å². The van der Waals surface area contributed by atoms with E-state index in [0.717, 1.165) is 6.07 Å². The van der Waals surface area contributed by atoms with Crippen LogP contribution in [0.15, 0.2) is 33.9 Å². The summed E-state index contributed by atoms with van der Waals surface area (Å²) in [6, 6.07) is 5.50. The molecule has 1 aromatic carbocycles. The number of nitrogens with zero attached hydrogens (tertiary/aromatic N) is 2. The van der Waals surface area contributed by atoms with Crippen molar-refractivity contribution in [2.24, 2.45) is 7.05 Å². The largest absolute Gasteiger partial charge is 0.477 e. The Bertz CT molecular complexity index is 897. The molecule has 7 heteroatoms. The van der Waals surface area contributed by atoms with Gasteiger partial charge in [-0.3, -0.25) is 9.59 Å². The lowest BCUT2D eigenvalue weighted by Gasteiger charge is -2.27. The molecule has 0 radical (unpaired) electrons. The first kappa shape index (κ1) is 15.2. The molecule has 23 heavy (non-hydrogen) atoms. The summed E-state index contributed by atoms with van der Waals surface area (Å²) in [5, 5.41) is 9.50. The molecule has 0 unspecified atom stereocenters. The standard InChI is InChI=1S/C16H16N2O5/c1-17-11-2-3-14(19)12(18-4-6-23-7-5-18)8-10(11)15(20)9-13(17)16(21)22/h2-3,8-9H,4-7H2,1H3,(H,21,22). The molecule has 2 heterocycles. The predicted octanol–water partition coefficient (Wildman–Crippen LogP) is 0.434. The number of carbonyl (C=O) groups is 1. The van der Waals surface area contributed by atoms with E-state index in [1.807, 2.05) is 4.90 Å². The molecule has 7 nitrogen and oxygen atoms in total. The van der Waals surface area contributed by atoms with Crippen LogP contribution in [0, 0.1) is 0 Å². The van der Waals surface area contributed by atoms with Gasteiger partial charge in [-0.1, -0.05) is 0 Å². The summed E-state index contributed by atoms with van der Waals surface area (Å²) in [4.78, 5) is 37.8. The number of fused-ring (bicyclic) bond motifs is 1. The number of ether oxygens (including phenoxy) is 1. The molecule has 0 atom stereocenters. The van der Waals surface area contributed by atoms with Crippen molar-refractivity contribution < 1.29 is 14.6 Å². The van der Waals surface area contributed by atoms with Gasteiger partial charge in [0, 0.05) is 31.6 Å². The fraction of sp³-hybridized carbons (Fsp3) is 0.312. The quantitative estimate of drug-likeness (QED) is 0.864. The van der Waals surface area contributed by atoms with Crippen LogP contribution in [0.4, 0.5) is 5.69 Å². The number of rotatable bonds is 2. The Morgan fingerprint density at radius 3 is 2.48 bits per heavy atom. The van der Waals surface area contributed by atoms with Gasteiger partial charge in [0.25, 0.3) is 0 Å². The van der Waals surface area contributed by atoms with Crippen molar-refractivity contribution in [3.8, 4) is 0 Å². The van der Waals surface area contributed by atoms with Gasteiger partial charge < -0.3 is 19.3 Å². The van der Waals surface area contributed by atoms with Crippen molar-refractivity contribution in [2.75, 3.05) is 31.2 Å². The summed E-state index contributed by atoms with van der Waals surface area (Å²) in [7, 11) is 1.56. The molecule has 1 fully saturated rings. The summed E-state index contributed by atoms with van der Waals surface area (Å²) in [5.74, 6) is -1.19. The fourth-order valence-corrected chi connectivity index (χ4v) is 2.79. The van der Waals surface area contributed by atoms with Gasteiger partial charge in [0.15, 0.2) is 5.43 Å². The number of hydrogen-bond donors (Lipinski definition) is 1. The van der Waals surface area contributed by atoms with Gasteiger partial charge in [-0.15, -0.1) is 0 Å². The third-order valence-corrected chi connectivity index (χ3v) is 4.03. The summed E-state index contributed by atoms with van der Waals surface area (Å²) in [6.07, 6.45) is 0. The highest BCUT2D eigenvalue weighted by Gasteiger charge is 2.16.